The van der Waals surface area contributed by atoms with Crippen LogP contribution in [0.15, 0.2) is 18.2 Å². The van der Waals surface area contributed by atoms with Crippen molar-refractivity contribution in [3.8, 4) is 0 Å². The fourth-order valence-corrected chi connectivity index (χ4v) is 1.90. The Morgan fingerprint density at radius 1 is 1.20 bits per heavy atom. The number of hydrogen-bond donors (Lipinski definition) is 1. The number of nitrogens with zero attached hydrogens (tertiary/aromatic N) is 1. The number of hydrogen-bond acceptors (Lipinski definition) is 5. The van der Waals surface area contributed by atoms with Gasteiger partial charge in [0.1, 0.15) is 0 Å². The molecule has 0 spiro atoms. The first-order valence-corrected chi connectivity index (χ1v) is 5.83. The van der Waals surface area contributed by atoms with Crippen molar-refractivity contribution < 1.29 is 29.1 Å². The van der Waals surface area contributed by atoms with E-state index in [0.29, 0.717) is 10.6 Å². The van der Waals surface area contributed by atoms with Gasteiger partial charge in [-0.25, -0.2) is 9.59 Å². The van der Waals surface area contributed by atoms with Crippen molar-refractivity contribution in [3.05, 3.63) is 34.9 Å². The van der Waals surface area contributed by atoms with E-state index in [1.807, 2.05) is 0 Å². The normalized spacial score (nSPS) is 14.6. The first-order chi connectivity index (χ1) is 9.41. The van der Waals surface area contributed by atoms with Crippen LogP contribution in [0.4, 0.5) is 0 Å². The van der Waals surface area contributed by atoms with Crippen molar-refractivity contribution in [1.82, 2.24) is 5.06 Å². The van der Waals surface area contributed by atoms with E-state index in [2.05, 4.69) is 0 Å². The fraction of sp³-hybridized carbons (Fsp3) is 0.231. The van der Waals surface area contributed by atoms with Crippen LogP contribution >= 0.6 is 0 Å². The summed E-state index contributed by atoms with van der Waals surface area (Å²) < 4.78 is 0. The molecule has 0 bridgehead atoms. The first kappa shape index (κ1) is 13.7. The average Bonchev–Trinajstić information content (AvgIpc) is 2.70. The molecule has 1 aliphatic heterocycles. The lowest BCUT2D eigenvalue weighted by Crippen LogP contribution is -2.32. The topological polar surface area (TPSA) is 101 Å². The Morgan fingerprint density at radius 3 is 2.35 bits per heavy atom. The predicted octanol–water partition coefficient (Wildman–Crippen LogP) is 0.914. The molecule has 1 heterocycles. The number of aromatic carboxylic acids is 1. The van der Waals surface area contributed by atoms with Crippen LogP contribution in [-0.2, 0) is 14.4 Å². The maximum absolute atomic E-state index is 12.0. The number of aryl methyl sites for hydroxylation is 1. The molecule has 1 fully saturated rings. The van der Waals surface area contributed by atoms with Crippen LogP contribution in [0.5, 0.6) is 0 Å². The van der Waals surface area contributed by atoms with Gasteiger partial charge in [0, 0.05) is 12.8 Å². The Balaban J connectivity index is 2.32. The molecule has 104 valence electrons. The van der Waals surface area contributed by atoms with Crippen LogP contribution in [0.1, 0.15) is 39.1 Å². The predicted molar refractivity (Wildman–Crippen MR) is 64.6 cm³/mol. The Hall–Kier alpha value is -2.70. The number of carboxylic acids is 1. The summed E-state index contributed by atoms with van der Waals surface area (Å²) in [6.45, 7) is 1.54. The summed E-state index contributed by atoms with van der Waals surface area (Å²) in [5, 5.41) is 9.44. The van der Waals surface area contributed by atoms with Crippen molar-refractivity contribution in [2.45, 2.75) is 19.8 Å². The maximum Gasteiger partial charge on any atom is 0.365 e. The van der Waals surface area contributed by atoms with E-state index >= 15 is 0 Å². The van der Waals surface area contributed by atoms with Gasteiger partial charge in [-0.05, 0) is 18.6 Å². The van der Waals surface area contributed by atoms with Gasteiger partial charge in [-0.15, -0.1) is 5.06 Å². The molecular formula is C13H11NO6. The van der Waals surface area contributed by atoms with Gasteiger partial charge < -0.3 is 9.94 Å². The monoisotopic (exact) mass is 277 g/mol. The molecule has 2 amide bonds. The van der Waals surface area contributed by atoms with E-state index in [0.717, 1.165) is 0 Å². The Bertz CT molecular complexity index is 605. The van der Waals surface area contributed by atoms with E-state index < -0.39 is 23.8 Å². The summed E-state index contributed by atoms with van der Waals surface area (Å²) >= 11 is 0. The summed E-state index contributed by atoms with van der Waals surface area (Å²) in [6.07, 6.45) is -0.0443. The number of benzene rings is 1. The zero-order valence-corrected chi connectivity index (χ0v) is 10.6. The van der Waals surface area contributed by atoms with Crippen molar-refractivity contribution in [2.24, 2.45) is 0 Å². The van der Waals surface area contributed by atoms with Crippen LogP contribution < -0.4 is 0 Å². The average molecular weight is 277 g/mol. The number of rotatable bonds is 3. The molecule has 0 radical (unpaired) electrons. The molecule has 7 heteroatoms. The second kappa shape index (κ2) is 5.12. The molecule has 0 atom stereocenters. The lowest BCUT2D eigenvalue weighted by molar-refractivity contribution is -0.172. The maximum atomic E-state index is 12.0. The Labute approximate surface area is 113 Å². The van der Waals surface area contributed by atoms with Gasteiger partial charge in [-0.1, -0.05) is 12.1 Å². The van der Waals surface area contributed by atoms with Gasteiger partial charge in [-0.2, -0.15) is 0 Å². The van der Waals surface area contributed by atoms with Gasteiger partial charge in [0.15, 0.2) is 0 Å². The molecular weight excluding hydrogens is 266 g/mol. The van der Waals surface area contributed by atoms with Gasteiger partial charge in [-0.3, -0.25) is 9.59 Å². The van der Waals surface area contributed by atoms with Crippen molar-refractivity contribution in [1.29, 1.82) is 0 Å². The molecule has 0 aromatic heterocycles. The lowest BCUT2D eigenvalue weighted by Gasteiger charge is -2.14. The van der Waals surface area contributed by atoms with Gasteiger partial charge >= 0.3 is 11.9 Å². The smallest absolute Gasteiger partial charge is 0.365 e. The Morgan fingerprint density at radius 2 is 1.80 bits per heavy atom. The van der Waals surface area contributed by atoms with E-state index in [9.17, 15) is 19.2 Å². The number of carbonyl (C=O) groups is 4. The fourth-order valence-electron chi connectivity index (χ4n) is 1.90. The van der Waals surface area contributed by atoms with Gasteiger partial charge in [0.25, 0.3) is 11.8 Å². The van der Waals surface area contributed by atoms with Crippen LogP contribution in [0.25, 0.3) is 0 Å². The lowest BCUT2D eigenvalue weighted by atomic mass is 10.0. The molecule has 20 heavy (non-hydrogen) atoms. The van der Waals surface area contributed by atoms with Gasteiger partial charge in [0.2, 0.25) is 0 Å². The van der Waals surface area contributed by atoms with E-state index in [1.54, 1.807) is 0 Å². The second-order valence-electron chi connectivity index (χ2n) is 4.26. The molecule has 0 unspecified atom stereocenters. The highest BCUT2D eigenvalue weighted by Crippen LogP contribution is 2.19. The number of carboxylic acid groups (broad SMARTS) is 1. The highest BCUT2D eigenvalue weighted by molar-refractivity contribution is 6.06. The molecule has 1 aromatic rings. The van der Waals surface area contributed by atoms with Crippen LogP contribution in [0.2, 0.25) is 0 Å². The zero-order chi connectivity index (χ0) is 14.9. The largest absolute Gasteiger partial charge is 0.478 e. The second-order valence-corrected chi connectivity index (χ2v) is 4.26. The number of imide groups is 1. The highest BCUT2D eigenvalue weighted by atomic mass is 16.7. The number of carbonyl (C=O) groups excluding carboxylic acids is 3. The molecule has 7 nitrogen and oxygen atoms in total. The highest BCUT2D eigenvalue weighted by Gasteiger charge is 2.34. The van der Waals surface area contributed by atoms with E-state index in [-0.39, 0.29) is 24.0 Å². The van der Waals surface area contributed by atoms with E-state index in [4.69, 9.17) is 9.94 Å². The molecule has 1 saturated heterocycles. The van der Waals surface area contributed by atoms with E-state index in [1.165, 1.54) is 25.1 Å². The summed E-state index contributed by atoms with van der Waals surface area (Å²) in [4.78, 5) is 50.6. The minimum Gasteiger partial charge on any atom is -0.478 e. The Kier molecular flexibility index (Phi) is 3.51. The molecule has 1 aromatic carbocycles. The van der Waals surface area contributed by atoms with Crippen molar-refractivity contribution in [3.63, 3.8) is 0 Å². The molecule has 1 N–H and O–H groups in total. The molecule has 0 aliphatic carbocycles. The van der Waals surface area contributed by atoms with Crippen molar-refractivity contribution in [2.75, 3.05) is 0 Å². The molecule has 1 aliphatic rings. The van der Waals surface area contributed by atoms with Crippen molar-refractivity contribution >= 4 is 23.8 Å². The summed E-state index contributed by atoms with van der Waals surface area (Å²) in [7, 11) is 0. The zero-order valence-electron chi connectivity index (χ0n) is 10.6. The minimum atomic E-state index is -1.29. The van der Waals surface area contributed by atoms with Gasteiger partial charge in [0.05, 0.1) is 11.1 Å². The SMILES string of the molecule is Cc1cccc(C(=O)O)c1C(=O)ON1C(=O)CCC1=O. The quantitative estimate of drug-likeness (QED) is 0.824. The third-order valence-corrected chi connectivity index (χ3v) is 2.89. The first-order valence-electron chi connectivity index (χ1n) is 5.83. The van der Waals surface area contributed by atoms with Crippen LogP contribution in [0.3, 0.4) is 0 Å². The number of hydroxylamine groups is 2. The summed E-state index contributed by atoms with van der Waals surface area (Å²) in [6, 6.07) is 4.28. The standard InChI is InChI=1S/C13H11NO6/c1-7-3-2-4-8(12(17)18)11(7)13(19)20-14-9(15)5-6-10(14)16/h2-4H,5-6H2,1H3,(H,17,18). The van der Waals surface area contributed by atoms with Crippen LogP contribution in [0, 0.1) is 6.92 Å². The minimum absolute atomic E-state index is 0.0221. The summed E-state index contributed by atoms with van der Waals surface area (Å²) in [5.41, 5.74) is -0.0319. The van der Waals surface area contributed by atoms with Crippen LogP contribution in [-0.4, -0.2) is 33.9 Å². The molecule has 2 rings (SSSR count). The summed E-state index contributed by atoms with van der Waals surface area (Å²) in [5.74, 6) is -3.56. The third kappa shape index (κ3) is 2.37. The number of amides is 2. The molecule has 0 saturated carbocycles. The third-order valence-electron chi connectivity index (χ3n) is 2.89.